The number of pyridine rings is 1. The summed E-state index contributed by atoms with van der Waals surface area (Å²) in [5, 5.41) is 2.77. The Kier molecular flexibility index (Phi) is 5.50. The summed E-state index contributed by atoms with van der Waals surface area (Å²) in [4.78, 5) is 16.0. The highest BCUT2D eigenvalue weighted by Gasteiger charge is 2.11. The van der Waals surface area contributed by atoms with E-state index in [-0.39, 0.29) is 5.91 Å². The molecular weight excluding hydrogens is 343 g/mol. The Morgan fingerprint density at radius 2 is 1.56 bits per heavy atom. The number of amides is 1. The van der Waals surface area contributed by atoms with Crippen LogP contribution in [0.15, 0.2) is 60.7 Å². The van der Waals surface area contributed by atoms with Crippen LogP contribution in [0.1, 0.15) is 41.4 Å². The van der Waals surface area contributed by atoms with Crippen LogP contribution in [0.4, 0.5) is 10.1 Å². The van der Waals surface area contributed by atoms with Gasteiger partial charge in [0.25, 0.3) is 5.91 Å². The van der Waals surface area contributed by atoms with Gasteiger partial charge in [-0.15, -0.1) is 0 Å². The van der Waals surface area contributed by atoms with E-state index >= 15 is 0 Å². The van der Waals surface area contributed by atoms with E-state index in [1.54, 1.807) is 31.2 Å². The molecule has 0 saturated carbocycles. The van der Waals surface area contributed by atoms with Gasteiger partial charge in [-0.25, -0.2) is 4.98 Å². The van der Waals surface area contributed by atoms with Crippen LogP contribution < -0.4 is 10.1 Å². The molecule has 0 aliphatic carbocycles. The number of halogens is 1. The summed E-state index contributed by atoms with van der Waals surface area (Å²) < 4.78 is 18.9. The number of carbonyl (C=O) groups excluding carboxylic acids is 1. The summed E-state index contributed by atoms with van der Waals surface area (Å²) in [6.07, 6.45) is 0. The Morgan fingerprint density at radius 1 is 0.963 bits per heavy atom. The van der Waals surface area contributed by atoms with Crippen molar-refractivity contribution < 1.29 is 13.9 Å². The number of benzene rings is 2. The molecule has 27 heavy (non-hydrogen) atoms. The van der Waals surface area contributed by atoms with Gasteiger partial charge in [0.1, 0.15) is 11.5 Å². The summed E-state index contributed by atoms with van der Waals surface area (Å²) in [5.41, 5.74) is 2.55. The van der Waals surface area contributed by atoms with Gasteiger partial charge in [0.15, 0.2) is 0 Å². The van der Waals surface area contributed by atoms with E-state index in [0.717, 1.165) is 5.75 Å². The van der Waals surface area contributed by atoms with Crippen LogP contribution in [-0.2, 0) is 0 Å². The Bertz CT molecular complexity index is 936. The van der Waals surface area contributed by atoms with Crippen molar-refractivity contribution in [2.75, 3.05) is 5.32 Å². The SMILES string of the molecule is Cc1nc(F)ccc1C(=O)Nc1ccc(Oc2ccc(C(C)C)cc2)cc1. The molecule has 1 amide bonds. The van der Waals surface area contributed by atoms with E-state index in [1.807, 2.05) is 24.3 Å². The molecule has 0 aliphatic rings. The van der Waals surface area contributed by atoms with Crippen LogP contribution in [0.5, 0.6) is 11.5 Å². The first kappa shape index (κ1) is 18.6. The molecule has 3 rings (SSSR count). The number of anilines is 1. The van der Waals surface area contributed by atoms with E-state index in [1.165, 1.54) is 17.7 Å². The summed E-state index contributed by atoms with van der Waals surface area (Å²) in [7, 11) is 0. The van der Waals surface area contributed by atoms with Crippen molar-refractivity contribution in [2.24, 2.45) is 0 Å². The predicted octanol–water partition coefficient (Wildman–Crippen LogP) is 5.70. The van der Waals surface area contributed by atoms with Crippen molar-refractivity contribution in [1.29, 1.82) is 0 Å². The molecule has 2 aromatic carbocycles. The number of ether oxygens (including phenoxy) is 1. The molecule has 1 heterocycles. The summed E-state index contributed by atoms with van der Waals surface area (Å²) in [6.45, 7) is 5.89. The topological polar surface area (TPSA) is 51.2 Å². The van der Waals surface area contributed by atoms with Gasteiger partial charge in [-0.05, 0) is 66.9 Å². The highest BCUT2D eigenvalue weighted by Crippen LogP contribution is 2.25. The first-order valence-electron chi connectivity index (χ1n) is 8.75. The van der Waals surface area contributed by atoms with Crippen molar-refractivity contribution in [3.63, 3.8) is 0 Å². The minimum atomic E-state index is -0.605. The Hall–Kier alpha value is -3.21. The van der Waals surface area contributed by atoms with Gasteiger partial charge >= 0.3 is 0 Å². The van der Waals surface area contributed by atoms with Gasteiger partial charge < -0.3 is 10.1 Å². The van der Waals surface area contributed by atoms with Crippen molar-refractivity contribution in [1.82, 2.24) is 4.98 Å². The van der Waals surface area contributed by atoms with E-state index < -0.39 is 5.95 Å². The van der Waals surface area contributed by atoms with Crippen LogP contribution in [-0.4, -0.2) is 10.9 Å². The maximum Gasteiger partial charge on any atom is 0.257 e. The number of hydrogen-bond acceptors (Lipinski definition) is 3. The number of aryl methyl sites for hydroxylation is 1. The lowest BCUT2D eigenvalue weighted by atomic mass is 10.0. The Labute approximate surface area is 158 Å². The van der Waals surface area contributed by atoms with E-state index in [9.17, 15) is 9.18 Å². The first-order valence-corrected chi connectivity index (χ1v) is 8.75. The van der Waals surface area contributed by atoms with Gasteiger partial charge in [0, 0.05) is 5.69 Å². The maximum absolute atomic E-state index is 13.1. The number of carbonyl (C=O) groups is 1. The predicted molar refractivity (Wildman–Crippen MR) is 104 cm³/mol. The molecule has 0 radical (unpaired) electrons. The highest BCUT2D eigenvalue weighted by molar-refractivity contribution is 6.04. The molecule has 1 aromatic heterocycles. The fourth-order valence-corrected chi connectivity index (χ4v) is 2.63. The van der Waals surface area contributed by atoms with Gasteiger partial charge in [-0.3, -0.25) is 4.79 Å². The third-order valence-corrected chi connectivity index (χ3v) is 4.19. The van der Waals surface area contributed by atoms with Crippen molar-refractivity contribution in [3.8, 4) is 11.5 Å². The largest absolute Gasteiger partial charge is 0.457 e. The Morgan fingerprint density at radius 3 is 2.11 bits per heavy atom. The average Bonchev–Trinajstić information content (AvgIpc) is 2.63. The minimum absolute atomic E-state index is 0.335. The number of nitrogens with zero attached hydrogens (tertiary/aromatic N) is 1. The first-order chi connectivity index (χ1) is 12.9. The molecule has 138 valence electrons. The average molecular weight is 364 g/mol. The minimum Gasteiger partial charge on any atom is -0.457 e. The van der Waals surface area contributed by atoms with E-state index in [2.05, 4.69) is 24.1 Å². The molecule has 0 saturated heterocycles. The quantitative estimate of drug-likeness (QED) is 0.591. The molecule has 0 bridgehead atoms. The molecule has 4 nitrogen and oxygen atoms in total. The molecule has 1 N–H and O–H groups in total. The second-order valence-electron chi connectivity index (χ2n) is 6.57. The lowest BCUT2D eigenvalue weighted by Gasteiger charge is -2.10. The number of hydrogen-bond donors (Lipinski definition) is 1. The van der Waals surface area contributed by atoms with Crippen molar-refractivity contribution in [2.45, 2.75) is 26.7 Å². The normalized spacial score (nSPS) is 10.7. The van der Waals surface area contributed by atoms with Gasteiger partial charge in [0.2, 0.25) is 5.95 Å². The van der Waals surface area contributed by atoms with Gasteiger partial charge in [0.05, 0.1) is 11.3 Å². The standard InChI is InChI=1S/C22H21FN2O2/c1-14(2)16-4-8-18(9-5-16)27-19-10-6-17(7-11-19)25-22(26)20-12-13-21(23)24-15(20)3/h4-14H,1-3H3,(H,25,26). The zero-order valence-electron chi connectivity index (χ0n) is 15.5. The fraction of sp³-hybridized carbons (Fsp3) is 0.182. The number of rotatable bonds is 5. The molecule has 0 aliphatic heterocycles. The van der Waals surface area contributed by atoms with Crippen LogP contribution in [0.2, 0.25) is 0 Å². The fourth-order valence-electron chi connectivity index (χ4n) is 2.63. The van der Waals surface area contributed by atoms with Gasteiger partial charge in [-0.2, -0.15) is 4.39 Å². The molecular formula is C22H21FN2O2. The molecule has 0 fully saturated rings. The second-order valence-corrected chi connectivity index (χ2v) is 6.57. The Balaban J connectivity index is 1.65. The van der Waals surface area contributed by atoms with Crippen LogP contribution in [0.3, 0.4) is 0 Å². The van der Waals surface area contributed by atoms with Crippen molar-refractivity contribution >= 4 is 11.6 Å². The van der Waals surface area contributed by atoms with Crippen molar-refractivity contribution in [3.05, 3.63) is 83.4 Å². The van der Waals surface area contributed by atoms with E-state index in [4.69, 9.17) is 4.74 Å². The smallest absolute Gasteiger partial charge is 0.257 e. The molecule has 0 spiro atoms. The third-order valence-electron chi connectivity index (χ3n) is 4.19. The second kappa shape index (κ2) is 7.99. The summed E-state index contributed by atoms with van der Waals surface area (Å²) >= 11 is 0. The zero-order valence-corrected chi connectivity index (χ0v) is 15.5. The van der Waals surface area contributed by atoms with Gasteiger partial charge in [-0.1, -0.05) is 26.0 Å². The monoisotopic (exact) mass is 364 g/mol. The zero-order chi connectivity index (χ0) is 19.4. The molecule has 0 atom stereocenters. The lowest BCUT2D eigenvalue weighted by molar-refractivity contribution is 0.102. The molecule has 0 unspecified atom stereocenters. The molecule has 3 aromatic rings. The number of nitrogens with one attached hydrogen (secondary N) is 1. The highest BCUT2D eigenvalue weighted by atomic mass is 19.1. The number of aromatic nitrogens is 1. The van der Waals surface area contributed by atoms with E-state index in [0.29, 0.717) is 28.6 Å². The maximum atomic E-state index is 13.1. The molecule has 5 heteroatoms. The van der Waals surface area contributed by atoms with Crippen LogP contribution in [0.25, 0.3) is 0 Å². The van der Waals surface area contributed by atoms with Crippen LogP contribution in [0, 0.1) is 12.9 Å². The summed E-state index contributed by atoms with van der Waals surface area (Å²) in [5.74, 6) is 0.959. The van der Waals surface area contributed by atoms with Crippen LogP contribution >= 0.6 is 0 Å². The summed E-state index contributed by atoms with van der Waals surface area (Å²) in [6, 6.07) is 17.6. The lowest BCUT2D eigenvalue weighted by Crippen LogP contribution is -2.14. The third kappa shape index (κ3) is 4.70.